The lowest BCUT2D eigenvalue weighted by Crippen LogP contribution is -2.48. The van der Waals surface area contributed by atoms with Crippen molar-refractivity contribution in [3.05, 3.63) is 83.4 Å². The highest BCUT2D eigenvalue weighted by atomic mass is 35.5. The van der Waals surface area contributed by atoms with Gasteiger partial charge >= 0.3 is 0 Å². The molecule has 4 rings (SSSR count). The molecule has 1 aliphatic rings. The topological polar surface area (TPSA) is 84.9 Å². The third kappa shape index (κ3) is 5.42. The Morgan fingerprint density at radius 2 is 1.65 bits per heavy atom. The quantitative estimate of drug-likeness (QED) is 0.504. The summed E-state index contributed by atoms with van der Waals surface area (Å²) >= 11 is 6.26. The molecule has 3 aromatic rings. The summed E-state index contributed by atoms with van der Waals surface area (Å²) in [5.74, 6) is 0.596. The number of hydrogen-bond acceptors (Lipinski definition) is 5. The highest BCUT2D eigenvalue weighted by molar-refractivity contribution is 7.89. The van der Waals surface area contributed by atoms with Crippen LogP contribution in [0.3, 0.4) is 0 Å². The maximum Gasteiger partial charge on any atom is 0.255 e. The minimum atomic E-state index is -3.92. The van der Waals surface area contributed by atoms with Crippen LogP contribution in [-0.2, 0) is 14.8 Å². The Labute approximate surface area is 204 Å². The van der Waals surface area contributed by atoms with E-state index < -0.39 is 15.9 Å². The number of nitrogens with one attached hydrogen (secondary N) is 1. The Kier molecular flexibility index (Phi) is 7.23. The summed E-state index contributed by atoms with van der Waals surface area (Å²) in [5.41, 5.74) is 0.610. The van der Waals surface area contributed by atoms with Gasteiger partial charge in [0.05, 0.1) is 22.9 Å². The summed E-state index contributed by atoms with van der Waals surface area (Å²) < 4.78 is 39.5. The summed E-state index contributed by atoms with van der Waals surface area (Å²) in [6.45, 7) is 4.06. The molecule has 1 heterocycles. The van der Waals surface area contributed by atoms with Gasteiger partial charge in [0.25, 0.3) is 5.91 Å². The molecule has 34 heavy (non-hydrogen) atoms. The average molecular weight is 501 g/mol. The first-order valence-corrected chi connectivity index (χ1v) is 12.6. The highest BCUT2D eigenvalue weighted by Gasteiger charge is 2.34. The number of hydrogen-bond donors (Lipinski definition) is 1. The molecule has 0 aliphatic carbocycles. The molecule has 0 saturated carbocycles. The number of carbonyl (C=O) groups is 1. The van der Waals surface area contributed by atoms with Crippen molar-refractivity contribution in [1.82, 2.24) is 4.31 Å². The zero-order chi connectivity index (χ0) is 24.3. The molecule has 0 radical (unpaired) electrons. The second-order valence-corrected chi connectivity index (χ2v) is 10.4. The molecule has 1 aliphatic heterocycles. The Bertz CT molecular complexity index is 1270. The normalized spacial score (nSPS) is 18.9. The van der Waals surface area contributed by atoms with E-state index in [1.54, 1.807) is 24.3 Å². The van der Waals surface area contributed by atoms with Crippen molar-refractivity contribution in [2.45, 2.75) is 31.0 Å². The van der Waals surface area contributed by atoms with Gasteiger partial charge in [0, 0.05) is 18.7 Å². The van der Waals surface area contributed by atoms with E-state index in [9.17, 15) is 13.2 Å². The summed E-state index contributed by atoms with van der Waals surface area (Å²) in [7, 11) is -3.92. The van der Waals surface area contributed by atoms with Gasteiger partial charge < -0.3 is 14.8 Å². The maximum atomic E-state index is 13.3. The van der Waals surface area contributed by atoms with E-state index in [1.165, 1.54) is 22.5 Å². The molecular weight excluding hydrogens is 476 g/mol. The number of benzene rings is 3. The third-order valence-electron chi connectivity index (χ3n) is 5.30. The monoisotopic (exact) mass is 500 g/mol. The zero-order valence-corrected chi connectivity index (χ0v) is 20.3. The molecule has 2 atom stereocenters. The number of amides is 1. The second-order valence-electron chi connectivity index (χ2n) is 8.09. The number of nitrogens with zero attached hydrogens (tertiary/aromatic N) is 1. The molecule has 1 fully saturated rings. The van der Waals surface area contributed by atoms with Crippen LogP contribution in [0.1, 0.15) is 24.2 Å². The third-order valence-corrected chi connectivity index (χ3v) is 7.62. The van der Waals surface area contributed by atoms with Crippen molar-refractivity contribution < 1.29 is 22.7 Å². The lowest BCUT2D eigenvalue weighted by atomic mass is 10.2. The van der Waals surface area contributed by atoms with Crippen LogP contribution < -0.4 is 10.1 Å². The van der Waals surface area contributed by atoms with E-state index in [0.29, 0.717) is 17.2 Å². The standard InChI is InChI=1S/C25H25ClN2O5S/c1-17-15-28(16-18(2)32-17)34(30,31)24-14-19(12-13-21(24)26)25(29)27-22-10-6-7-11-23(22)33-20-8-4-3-5-9-20/h3-14,17-18H,15-16H2,1-2H3,(H,27,29). The molecule has 1 amide bonds. The fourth-order valence-corrected chi connectivity index (χ4v) is 5.87. The van der Waals surface area contributed by atoms with Crippen molar-refractivity contribution in [3.63, 3.8) is 0 Å². The number of para-hydroxylation sites is 3. The predicted molar refractivity (Wildman–Crippen MR) is 131 cm³/mol. The molecule has 0 aromatic heterocycles. The van der Waals surface area contributed by atoms with E-state index in [2.05, 4.69) is 5.32 Å². The number of halogens is 1. The molecule has 7 nitrogen and oxygen atoms in total. The van der Waals surface area contributed by atoms with Crippen molar-refractivity contribution in [1.29, 1.82) is 0 Å². The Balaban J connectivity index is 1.59. The van der Waals surface area contributed by atoms with Gasteiger partial charge in [-0.25, -0.2) is 8.42 Å². The number of anilines is 1. The van der Waals surface area contributed by atoms with E-state index >= 15 is 0 Å². The summed E-state index contributed by atoms with van der Waals surface area (Å²) in [6.07, 6.45) is -0.491. The van der Waals surface area contributed by atoms with Gasteiger partial charge in [0.2, 0.25) is 10.0 Å². The van der Waals surface area contributed by atoms with Gasteiger partial charge in [-0.1, -0.05) is 41.9 Å². The predicted octanol–water partition coefficient (Wildman–Crippen LogP) is 5.18. The number of sulfonamides is 1. The number of rotatable bonds is 6. The molecule has 178 valence electrons. The Morgan fingerprint density at radius 3 is 2.35 bits per heavy atom. The lowest BCUT2D eigenvalue weighted by Gasteiger charge is -2.34. The first-order valence-electron chi connectivity index (χ1n) is 10.8. The van der Waals surface area contributed by atoms with Gasteiger partial charge in [-0.2, -0.15) is 4.31 Å². The fraction of sp³-hybridized carbons (Fsp3) is 0.240. The van der Waals surface area contributed by atoms with Gasteiger partial charge in [-0.15, -0.1) is 0 Å². The van der Waals surface area contributed by atoms with Gasteiger partial charge in [-0.3, -0.25) is 4.79 Å². The fourth-order valence-electron chi connectivity index (χ4n) is 3.78. The first-order chi connectivity index (χ1) is 16.2. The lowest BCUT2D eigenvalue weighted by molar-refractivity contribution is -0.0440. The summed E-state index contributed by atoms with van der Waals surface area (Å²) in [5, 5.41) is 2.86. The van der Waals surface area contributed by atoms with Crippen LogP contribution >= 0.6 is 11.6 Å². The molecule has 9 heteroatoms. The second kappa shape index (κ2) is 10.1. The minimum Gasteiger partial charge on any atom is -0.455 e. The average Bonchev–Trinajstić information content (AvgIpc) is 2.80. The van der Waals surface area contributed by atoms with Crippen molar-refractivity contribution in [3.8, 4) is 11.5 Å². The van der Waals surface area contributed by atoms with Crippen molar-refractivity contribution in [2.24, 2.45) is 0 Å². The molecule has 1 saturated heterocycles. The highest BCUT2D eigenvalue weighted by Crippen LogP contribution is 2.31. The van der Waals surface area contributed by atoms with Gasteiger partial charge in [0.15, 0.2) is 5.75 Å². The van der Waals surface area contributed by atoms with Crippen LogP contribution in [0.15, 0.2) is 77.7 Å². The van der Waals surface area contributed by atoms with Gasteiger partial charge in [-0.05, 0) is 56.3 Å². The molecule has 3 aromatic carbocycles. The van der Waals surface area contributed by atoms with Crippen LogP contribution in [0, 0.1) is 0 Å². The van der Waals surface area contributed by atoms with Crippen molar-refractivity contribution in [2.75, 3.05) is 18.4 Å². The van der Waals surface area contributed by atoms with Crippen LogP contribution in [0.2, 0.25) is 5.02 Å². The smallest absolute Gasteiger partial charge is 0.255 e. The van der Waals surface area contributed by atoms with Crippen LogP contribution in [0.25, 0.3) is 0 Å². The summed E-state index contributed by atoms with van der Waals surface area (Å²) in [4.78, 5) is 12.9. The molecule has 1 N–H and O–H groups in total. The first kappa shape index (κ1) is 24.2. The van der Waals surface area contributed by atoms with Crippen LogP contribution in [-0.4, -0.2) is 43.9 Å². The number of ether oxygens (including phenoxy) is 2. The minimum absolute atomic E-state index is 0.0520. The molecule has 0 spiro atoms. The summed E-state index contributed by atoms with van der Waals surface area (Å²) in [6, 6.07) is 20.4. The SMILES string of the molecule is CC1CN(S(=O)(=O)c2cc(C(=O)Nc3ccccc3Oc3ccccc3)ccc2Cl)CC(C)O1. The molecule has 2 unspecified atom stereocenters. The van der Waals surface area contributed by atoms with E-state index in [-0.39, 0.29) is 40.8 Å². The van der Waals surface area contributed by atoms with Crippen molar-refractivity contribution >= 4 is 33.2 Å². The van der Waals surface area contributed by atoms with Crippen LogP contribution in [0.5, 0.6) is 11.5 Å². The van der Waals surface area contributed by atoms with E-state index in [0.717, 1.165) is 0 Å². The Morgan fingerprint density at radius 1 is 1.00 bits per heavy atom. The zero-order valence-electron chi connectivity index (χ0n) is 18.8. The number of carbonyl (C=O) groups excluding carboxylic acids is 1. The van der Waals surface area contributed by atoms with Gasteiger partial charge in [0.1, 0.15) is 10.6 Å². The number of morpholine rings is 1. The largest absolute Gasteiger partial charge is 0.455 e. The van der Waals surface area contributed by atoms with E-state index in [1.807, 2.05) is 44.2 Å². The maximum absolute atomic E-state index is 13.3. The Hall–Kier alpha value is -2.91. The van der Waals surface area contributed by atoms with E-state index in [4.69, 9.17) is 21.1 Å². The molecule has 0 bridgehead atoms. The van der Waals surface area contributed by atoms with Crippen LogP contribution in [0.4, 0.5) is 5.69 Å². The molecular formula is C25H25ClN2O5S.